The molecule has 0 aliphatic carbocycles. The Balaban J connectivity index is 1.68. The van der Waals surface area contributed by atoms with Gasteiger partial charge in [-0.3, -0.25) is 0 Å². The van der Waals surface area contributed by atoms with E-state index in [0.29, 0.717) is 0 Å². The third-order valence-electron chi connectivity index (χ3n) is 6.05. The minimum atomic E-state index is 0.775. The van der Waals surface area contributed by atoms with Gasteiger partial charge in [0.25, 0.3) is 0 Å². The molecule has 1 nitrogen and oxygen atoms in total. The van der Waals surface area contributed by atoms with Gasteiger partial charge in [0.2, 0.25) is 11.4 Å². The molecule has 5 aromatic rings. The van der Waals surface area contributed by atoms with Crippen molar-refractivity contribution in [1.82, 2.24) is 0 Å². The maximum absolute atomic E-state index is 2.42. The SMILES string of the molecule is Cc1cccc(/C=C/C[n+]2c(-c3ccccc3)cc(-c3ccccc3)cc2-c2ccccc2)c1. The van der Waals surface area contributed by atoms with E-state index in [4.69, 9.17) is 0 Å². The van der Waals surface area contributed by atoms with E-state index in [1.807, 2.05) is 0 Å². The summed E-state index contributed by atoms with van der Waals surface area (Å²) in [6, 6.07) is 45.3. The molecule has 0 unspecified atom stereocenters. The molecule has 0 atom stereocenters. The van der Waals surface area contributed by atoms with Gasteiger partial charge in [0.05, 0.1) is 0 Å². The van der Waals surface area contributed by atoms with E-state index in [1.165, 1.54) is 44.8 Å². The van der Waals surface area contributed by atoms with Crippen LogP contribution in [0, 0.1) is 6.92 Å². The summed E-state index contributed by atoms with van der Waals surface area (Å²) in [5, 5.41) is 0. The van der Waals surface area contributed by atoms with Crippen LogP contribution in [0.4, 0.5) is 0 Å². The summed E-state index contributed by atoms with van der Waals surface area (Å²) >= 11 is 0. The van der Waals surface area contributed by atoms with Crippen LogP contribution in [0.3, 0.4) is 0 Å². The predicted molar refractivity (Wildman–Crippen MR) is 143 cm³/mol. The van der Waals surface area contributed by atoms with Crippen LogP contribution >= 0.6 is 0 Å². The molecule has 1 heteroatoms. The van der Waals surface area contributed by atoms with Crippen molar-refractivity contribution in [2.24, 2.45) is 0 Å². The highest BCUT2D eigenvalue weighted by Gasteiger charge is 2.21. The van der Waals surface area contributed by atoms with Crippen molar-refractivity contribution >= 4 is 6.08 Å². The van der Waals surface area contributed by atoms with Crippen molar-refractivity contribution in [2.75, 3.05) is 0 Å². The summed E-state index contributed by atoms with van der Waals surface area (Å²) < 4.78 is 2.42. The van der Waals surface area contributed by atoms with Gasteiger partial charge in [-0.05, 0) is 54.0 Å². The fraction of sp³-hybridized carbons (Fsp3) is 0.0606. The van der Waals surface area contributed by atoms with Crippen molar-refractivity contribution in [3.63, 3.8) is 0 Å². The predicted octanol–water partition coefficient (Wildman–Crippen LogP) is 8.00. The quantitative estimate of drug-likeness (QED) is 0.236. The zero-order valence-electron chi connectivity index (χ0n) is 19.4. The lowest BCUT2D eigenvalue weighted by molar-refractivity contribution is -0.665. The lowest BCUT2D eigenvalue weighted by atomic mass is 9.99. The zero-order chi connectivity index (χ0) is 23.2. The van der Waals surface area contributed by atoms with Gasteiger partial charge in [-0.1, -0.05) is 103 Å². The van der Waals surface area contributed by atoms with Gasteiger partial charge in [0, 0.05) is 23.3 Å². The Hall–Kier alpha value is -4.23. The van der Waals surface area contributed by atoms with E-state index in [2.05, 4.69) is 151 Å². The number of rotatable bonds is 6. The van der Waals surface area contributed by atoms with Crippen LogP contribution in [-0.4, -0.2) is 0 Å². The second-order valence-electron chi connectivity index (χ2n) is 8.54. The monoisotopic (exact) mass is 438 g/mol. The molecular formula is C33H28N+. The van der Waals surface area contributed by atoms with Crippen molar-refractivity contribution in [1.29, 1.82) is 0 Å². The summed E-state index contributed by atoms with van der Waals surface area (Å²) in [6.45, 7) is 2.91. The van der Waals surface area contributed by atoms with Crippen LogP contribution in [0.25, 0.3) is 39.7 Å². The van der Waals surface area contributed by atoms with Gasteiger partial charge in [-0.15, -0.1) is 0 Å². The minimum Gasteiger partial charge on any atom is -0.188 e. The topological polar surface area (TPSA) is 3.88 Å². The molecule has 0 N–H and O–H groups in total. The number of hydrogen-bond donors (Lipinski definition) is 0. The first-order valence-corrected chi connectivity index (χ1v) is 11.8. The van der Waals surface area contributed by atoms with Crippen LogP contribution in [0.5, 0.6) is 0 Å². The molecular weight excluding hydrogens is 410 g/mol. The molecule has 1 aromatic heterocycles. The van der Waals surface area contributed by atoms with E-state index in [1.54, 1.807) is 0 Å². The van der Waals surface area contributed by atoms with E-state index in [0.717, 1.165) is 6.54 Å². The van der Waals surface area contributed by atoms with Crippen LogP contribution in [0.2, 0.25) is 0 Å². The van der Waals surface area contributed by atoms with Gasteiger partial charge >= 0.3 is 0 Å². The maximum atomic E-state index is 2.42. The Kier molecular flexibility index (Phi) is 6.45. The molecule has 0 amide bonds. The molecule has 0 saturated carbocycles. The van der Waals surface area contributed by atoms with Crippen LogP contribution in [0.1, 0.15) is 11.1 Å². The molecule has 0 saturated heterocycles. The number of aromatic nitrogens is 1. The highest BCUT2D eigenvalue weighted by atomic mass is 15.0. The standard InChI is InChI=1S/C33H28N/c1-26-13-11-14-27(23-26)15-12-22-34-32(29-18-7-3-8-19-29)24-31(28-16-5-2-6-17-28)25-33(34)30-20-9-4-10-21-30/h2-21,23-25H,22H2,1H3/q+1/b15-12+. The average Bonchev–Trinajstić information content (AvgIpc) is 2.90. The summed E-state index contributed by atoms with van der Waals surface area (Å²) in [4.78, 5) is 0. The maximum Gasteiger partial charge on any atom is 0.213 e. The van der Waals surface area contributed by atoms with Crippen molar-refractivity contribution in [3.8, 4) is 33.6 Å². The lowest BCUT2D eigenvalue weighted by Crippen LogP contribution is -2.38. The first kappa shape index (κ1) is 21.6. The van der Waals surface area contributed by atoms with Gasteiger partial charge < -0.3 is 0 Å². The third-order valence-corrected chi connectivity index (χ3v) is 6.05. The summed E-state index contributed by atoms with van der Waals surface area (Å²) in [5.41, 5.74) is 9.77. The van der Waals surface area contributed by atoms with Crippen molar-refractivity contribution in [2.45, 2.75) is 13.5 Å². The van der Waals surface area contributed by atoms with Gasteiger partial charge in [0.15, 0.2) is 6.54 Å². The number of nitrogens with zero attached hydrogens (tertiary/aromatic N) is 1. The Bertz CT molecular complexity index is 1340. The largest absolute Gasteiger partial charge is 0.213 e. The molecule has 5 rings (SSSR count). The highest BCUT2D eigenvalue weighted by molar-refractivity contribution is 5.73. The number of aryl methyl sites for hydroxylation is 1. The fourth-order valence-electron chi connectivity index (χ4n) is 4.38. The average molecular weight is 439 g/mol. The minimum absolute atomic E-state index is 0.775. The van der Waals surface area contributed by atoms with Crippen LogP contribution in [0.15, 0.2) is 133 Å². The Labute approximate surface area is 202 Å². The van der Waals surface area contributed by atoms with E-state index in [-0.39, 0.29) is 0 Å². The number of allylic oxidation sites excluding steroid dienone is 1. The molecule has 164 valence electrons. The molecule has 1 heterocycles. The van der Waals surface area contributed by atoms with Crippen molar-refractivity contribution in [3.05, 3.63) is 145 Å². The Morgan fingerprint density at radius 2 is 1.06 bits per heavy atom. The molecule has 0 spiro atoms. The lowest BCUT2D eigenvalue weighted by Gasteiger charge is -2.12. The van der Waals surface area contributed by atoms with Gasteiger partial charge in [-0.2, -0.15) is 4.57 Å². The molecule has 0 aliphatic rings. The Morgan fingerprint density at radius 1 is 0.529 bits per heavy atom. The second-order valence-corrected chi connectivity index (χ2v) is 8.54. The van der Waals surface area contributed by atoms with Gasteiger partial charge in [0.1, 0.15) is 0 Å². The third kappa shape index (κ3) is 4.89. The van der Waals surface area contributed by atoms with Crippen LogP contribution < -0.4 is 4.57 Å². The molecule has 4 aromatic carbocycles. The highest BCUT2D eigenvalue weighted by Crippen LogP contribution is 2.29. The normalized spacial score (nSPS) is 11.1. The number of pyridine rings is 1. The zero-order valence-corrected chi connectivity index (χ0v) is 19.4. The molecule has 0 bridgehead atoms. The smallest absolute Gasteiger partial charge is 0.188 e. The first-order valence-electron chi connectivity index (χ1n) is 11.8. The van der Waals surface area contributed by atoms with E-state index < -0.39 is 0 Å². The summed E-state index contributed by atoms with van der Waals surface area (Å²) in [5.74, 6) is 0. The summed E-state index contributed by atoms with van der Waals surface area (Å²) in [7, 11) is 0. The number of benzene rings is 4. The van der Waals surface area contributed by atoms with Gasteiger partial charge in [-0.25, -0.2) is 0 Å². The molecule has 34 heavy (non-hydrogen) atoms. The summed E-state index contributed by atoms with van der Waals surface area (Å²) in [6.07, 6.45) is 4.48. The van der Waals surface area contributed by atoms with Crippen LogP contribution in [-0.2, 0) is 6.54 Å². The first-order chi connectivity index (χ1) is 16.8. The molecule has 0 radical (unpaired) electrons. The van der Waals surface area contributed by atoms with Crippen molar-refractivity contribution < 1.29 is 4.57 Å². The van der Waals surface area contributed by atoms with E-state index in [9.17, 15) is 0 Å². The fourth-order valence-corrected chi connectivity index (χ4v) is 4.38. The second kappa shape index (κ2) is 10.1. The number of hydrogen-bond acceptors (Lipinski definition) is 0. The molecule has 0 fully saturated rings. The Morgan fingerprint density at radius 3 is 1.59 bits per heavy atom. The van der Waals surface area contributed by atoms with E-state index >= 15 is 0 Å². The molecule has 0 aliphatic heterocycles.